The predicted molar refractivity (Wildman–Crippen MR) is 75.1 cm³/mol. The molecule has 1 N–H and O–H groups in total. The molecule has 0 radical (unpaired) electrons. The van der Waals surface area contributed by atoms with Crippen molar-refractivity contribution in [3.05, 3.63) is 0 Å². The molecule has 0 saturated carbocycles. The van der Waals surface area contributed by atoms with E-state index in [4.69, 9.17) is 9.47 Å². The Balaban J connectivity index is 0.00000361. The zero-order valence-electron chi connectivity index (χ0n) is 13.6. The summed E-state index contributed by atoms with van der Waals surface area (Å²) in [4.78, 5) is 11.9. The number of carbonyl (C=O) groups excluding carboxylic acids is 1. The van der Waals surface area contributed by atoms with Crippen molar-refractivity contribution in [3.8, 4) is 0 Å². The van der Waals surface area contributed by atoms with Gasteiger partial charge in [-0.1, -0.05) is 0 Å². The van der Waals surface area contributed by atoms with E-state index in [9.17, 15) is 4.79 Å². The molecule has 0 bridgehead atoms. The van der Waals surface area contributed by atoms with Gasteiger partial charge in [0, 0.05) is 0 Å². The number of quaternary nitrogens is 1. The van der Waals surface area contributed by atoms with Gasteiger partial charge >= 0.3 is 6.09 Å². The maximum atomic E-state index is 11.9. The van der Waals surface area contributed by atoms with Crippen molar-refractivity contribution in [2.75, 3.05) is 39.9 Å². The molecular formula is C14H29IN2O3. The summed E-state index contributed by atoms with van der Waals surface area (Å²) < 4.78 is 11.6. The number of hydrogen-bond donors (Lipinski definition) is 1. The summed E-state index contributed by atoms with van der Waals surface area (Å²) in [6.07, 6.45) is -0.350. The van der Waals surface area contributed by atoms with Crippen LogP contribution >= 0.6 is 0 Å². The van der Waals surface area contributed by atoms with Crippen molar-refractivity contribution < 1.29 is 42.7 Å². The zero-order chi connectivity index (χ0) is 14.7. The molecule has 0 aromatic heterocycles. The van der Waals surface area contributed by atoms with Crippen molar-refractivity contribution in [2.45, 2.75) is 45.8 Å². The van der Waals surface area contributed by atoms with Gasteiger partial charge in [0.15, 0.2) is 0 Å². The molecule has 5 nitrogen and oxygen atoms in total. The fourth-order valence-electron chi connectivity index (χ4n) is 2.52. The van der Waals surface area contributed by atoms with E-state index in [2.05, 4.69) is 12.4 Å². The number of rotatable bonds is 3. The first-order valence-electron chi connectivity index (χ1n) is 6.94. The van der Waals surface area contributed by atoms with Gasteiger partial charge in [0.25, 0.3) is 0 Å². The number of alkyl carbamates (subject to hydrolysis) is 1. The smallest absolute Gasteiger partial charge is 0.408 e. The monoisotopic (exact) mass is 400 g/mol. The first-order chi connectivity index (χ1) is 8.52. The van der Waals surface area contributed by atoms with Gasteiger partial charge in [0.05, 0.1) is 25.8 Å². The first kappa shape index (κ1) is 19.9. The number of nitrogens with zero attached hydrogens (tertiary/aromatic N) is 1. The molecule has 1 saturated heterocycles. The van der Waals surface area contributed by atoms with Crippen LogP contribution in [0.5, 0.6) is 0 Å². The number of hydrogen-bond acceptors (Lipinski definition) is 3. The number of halogens is 1. The molecule has 0 aromatic carbocycles. The molecule has 1 rings (SSSR count). The van der Waals surface area contributed by atoms with E-state index in [0.717, 1.165) is 37.3 Å². The molecule has 1 aliphatic rings. The van der Waals surface area contributed by atoms with E-state index in [1.807, 2.05) is 34.6 Å². The Labute approximate surface area is 140 Å². The average molecular weight is 400 g/mol. The van der Waals surface area contributed by atoms with E-state index in [1.165, 1.54) is 0 Å². The van der Waals surface area contributed by atoms with Crippen LogP contribution in [0.3, 0.4) is 0 Å². The second-order valence-corrected chi connectivity index (χ2v) is 7.35. The van der Waals surface area contributed by atoms with Crippen molar-refractivity contribution in [1.29, 1.82) is 0 Å². The second-order valence-electron chi connectivity index (χ2n) is 7.35. The SMILES string of the molecule is CC(C)(C[N+]1(C)CCOCC1)NC(=O)OC(C)(C)C.[I-]. The first-order valence-corrected chi connectivity index (χ1v) is 6.94. The fraction of sp³-hybridized carbons (Fsp3) is 0.929. The van der Waals surface area contributed by atoms with E-state index in [1.54, 1.807) is 0 Å². The molecule has 6 heteroatoms. The van der Waals surface area contributed by atoms with Crippen LogP contribution in [0.4, 0.5) is 4.79 Å². The molecule has 1 amide bonds. The summed E-state index contributed by atoms with van der Waals surface area (Å²) in [6, 6.07) is 0. The van der Waals surface area contributed by atoms with Gasteiger partial charge in [-0.05, 0) is 34.6 Å². The van der Waals surface area contributed by atoms with Crippen LogP contribution in [0.15, 0.2) is 0 Å². The number of carbonyl (C=O) groups is 1. The molecule has 1 heterocycles. The lowest BCUT2D eigenvalue weighted by atomic mass is 10.0. The molecular weight excluding hydrogens is 371 g/mol. The number of amides is 1. The van der Waals surface area contributed by atoms with Crippen LogP contribution in [0.25, 0.3) is 0 Å². The number of ether oxygens (including phenoxy) is 2. The minimum atomic E-state index is -0.461. The predicted octanol–water partition coefficient (Wildman–Crippen LogP) is -1.23. The number of likely N-dealkylation sites (N-methyl/N-ethyl adjacent to an activating group) is 1. The Hall–Kier alpha value is -0.0800. The lowest BCUT2D eigenvalue weighted by Gasteiger charge is -2.42. The normalized spacial score (nSPS) is 18.9. The minimum absolute atomic E-state index is 0. The van der Waals surface area contributed by atoms with Crippen LogP contribution in [-0.4, -0.2) is 61.6 Å². The molecule has 20 heavy (non-hydrogen) atoms. The maximum Gasteiger partial charge on any atom is 0.408 e. The van der Waals surface area contributed by atoms with Gasteiger partial charge in [-0.3, -0.25) is 0 Å². The zero-order valence-corrected chi connectivity index (χ0v) is 15.7. The summed E-state index contributed by atoms with van der Waals surface area (Å²) in [5.74, 6) is 0. The Morgan fingerprint density at radius 1 is 1.20 bits per heavy atom. The van der Waals surface area contributed by atoms with Gasteiger partial charge in [0.1, 0.15) is 25.2 Å². The Kier molecular flexibility index (Phi) is 7.24. The largest absolute Gasteiger partial charge is 1.00 e. The summed E-state index contributed by atoms with van der Waals surface area (Å²) >= 11 is 0. The molecule has 120 valence electrons. The third-order valence-electron chi connectivity index (χ3n) is 3.17. The lowest BCUT2D eigenvalue weighted by Crippen LogP contribution is -3.00. The molecule has 0 atom stereocenters. The van der Waals surface area contributed by atoms with E-state index in [-0.39, 0.29) is 35.6 Å². The summed E-state index contributed by atoms with van der Waals surface area (Å²) in [5.41, 5.74) is -0.758. The topological polar surface area (TPSA) is 47.6 Å². The number of morpholine rings is 1. The summed E-state index contributed by atoms with van der Waals surface area (Å²) in [5, 5.41) is 2.97. The Bertz CT molecular complexity index is 321. The van der Waals surface area contributed by atoms with Crippen molar-refractivity contribution in [2.24, 2.45) is 0 Å². The van der Waals surface area contributed by atoms with Gasteiger partial charge in [-0.15, -0.1) is 0 Å². The highest BCUT2D eigenvalue weighted by molar-refractivity contribution is 5.68. The van der Waals surface area contributed by atoms with Gasteiger partial charge in [0.2, 0.25) is 0 Å². The van der Waals surface area contributed by atoms with E-state index < -0.39 is 5.60 Å². The standard InChI is InChI=1S/C14H28N2O3.HI/c1-13(2,3)19-12(17)15-14(4,5)11-16(6)7-9-18-10-8-16;/h7-11H2,1-6H3;1H. The second kappa shape index (κ2) is 7.26. The van der Waals surface area contributed by atoms with Crippen molar-refractivity contribution in [3.63, 3.8) is 0 Å². The molecule has 0 aromatic rings. The third-order valence-corrected chi connectivity index (χ3v) is 3.17. The van der Waals surface area contributed by atoms with Crippen LogP contribution in [0.1, 0.15) is 34.6 Å². The van der Waals surface area contributed by atoms with Crippen molar-refractivity contribution >= 4 is 6.09 Å². The van der Waals surface area contributed by atoms with Crippen LogP contribution < -0.4 is 29.3 Å². The lowest BCUT2D eigenvalue weighted by molar-refractivity contribution is -0.920. The van der Waals surface area contributed by atoms with Crippen LogP contribution in [-0.2, 0) is 9.47 Å². The number of nitrogens with one attached hydrogen (secondary N) is 1. The molecule has 0 spiro atoms. The van der Waals surface area contributed by atoms with E-state index in [0.29, 0.717) is 0 Å². The minimum Gasteiger partial charge on any atom is -1.00 e. The quantitative estimate of drug-likeness (QED) is 0.477. The summed E-state index contributed by atoms with van der Waals surface area (Å²) in [7, 11) is 2.21. The highest BCUT2D eigenvalue weighted by Gasteiger charge is 2.35. The third kappa shape index (κ3) is 7.64. The highest BCUT2D eigenvalue weighted by atomic mass is 127. The molecule has 0 unspecified atom stereocenters. The van der Waals surface area contributed by atoms with Crippen LogP contribution in [0.2, 0.25) is 0 Å². The Morgan fingerprint density at radius 2 is 1.70 bits per heavy atom. The summed E-state index contributed by atoms with van der Waals surface area (Å²) in [6.45, 7) is 14.1. The molecule has 1 fully saturated rings. The molecule has 0 aliphatic carbocycles. The van der Waals surface area contributed by atoms with Crippen LogP contribution in [0, 0.1) is 0 Å². The Morgan fingerprint density at radius 3 is 2.15 bits per heavy atom. The van der Waals surface area contributed by atoms with Gasteiger partial charge in [-0.25, -0.2) is 4.79 Å². The maximum absolute atomic E-state index is 11.9. The highest BCUT2D eigenvalue weighted by Crippen LogP contribution is 2.16. The van der Waals surface area contributed by atoms with Gasteiger partial charge < -0.3 is 43.3 Å². The fourth-order valence-corrected chi connectivity index (χ4v) is 2.52. The van der Waals surface area contributed by atoms with Crippen molar-refractivity contribution in [1.82, 2.24) is 5.32 Å². The van der Waals surface area contributed by atoms with Gasteiger partial charge in [-0.2, -0.15) is 0 Å². The van der Waals surface area contributed by atoms with E-state index >= 15 is 0 Å². The molecule has 1 aliphatic heterocycles. The average Bonchev–Trinajstić information content (AvgIpc) is 2.11.